The van der Waals surface area contributed by atoms with Gasteiger partial charge in [0.2, 0.25) is 0 Å². The zero-order valence-electron chi connectivity index (χ0n) is 12.1. The Bertz CT molecular complexity index is 949. The van der Waals surface area contributed by atoms with Crippen LogP contribution >= 0.6 is 23.2 Å². The van der Waals surface area contributed by atoms with Gasteiger partial charge in [-0.05, 0) is 37.3 Å². The highest BCUT2D eigenvalue weighted by molar-refractivity contribution is 6.34. The predicted octanol–water partition coefficient (Wildman–Crippen LogP) is 3.85. The summed E-state index contributed by atoms with van der Waals surface area (Å²) in [5, 5.41) is 0.598. The molecule has 1 heterocycles. The summed E-state index contributed by atoms with van der Waals surface area (Å²) in [7, 11) is 0. The van der Waals surface area contributed by atoms with Crippen LogP contribution in [0.25, 0.3) is 16.6 Å². The molecule has 118 valence electrons. The quantitative estimate of drug-likeness (QED) is 0.762. The average molecular weight is 352 g/mol. The van der Waals surface area contributed by atoms with Gasteiger partial charge in [0, 0.05) is 10.0 Å². The van der Waals surface area contributed by atoms with Crippen LogP contribution in [0.15, 0.2) is 41.2 Å². The van der Waals surface area contributed by atoms with Crippen LogP contribution in [-0.4, -0.2) is 9.55 Å². The summed E-state index contributed by atoms with van der Waals surface area (Å²) in [6.07, 6.45) is 0. The molecule has 0 bridgehead atoms. The molecule has 0 aliphatic heterocycles. The third-order valence-corrected chi connectivity index (χ3v) is 3.82. The Kier molecular flexibility index (Phi) is 4.10. The normalized spacial score (nSPS) is 12.6. The second-order valence-corrected chi connectivity index (χ2v) is 6.03. The van der Waals surface area contributed by atoms with Crippen molar-refractivity contribution in [3.8, 4) is 5.69 Å². The maximum Gasteiger partial charge on any atom is 0.269 e. The molecular weight excluding hydrogens is 340 g/mol. The van der Waals surface area contributed by atoms with Gasteiger partial charge in [0.1, 0.15) is 17.0 Å². The molecule has 0 saturated carbocycles. The predicted molar refractivity (Wildman–Crippen MR) is 89.9 cm³/mol. The molecule has 0 fully saturated rings. The van der Waals surface area contributed by atoms with Crippen LogP contribution in [0.1, 0.15) is 18.8 Å². The van der Waals surface area contributed by atoms with E-state index < -0.39 is 17.4 Å². The Hall–Kier alpha value is -1.95. The highest BCUT2D eigenvalue weighted by Crippen LogP contribution is 2.24. The molecule has 0 radical (unpaired) electrons. The third-order valence-electron chi connectivity index (χ3n) is 3.39. The molecule has 0 saturated heterocycles. The van der Waals surface area contributed by atoms with Crippen molar-refractivity contribution < 1.29 is 4.39 Å². The van der Waals surface area contributed by atoms with Crippen LogP contribution in [0.5, 0.6) is 0 Å². The van der Waals surface area contributed by atoms with Crippen molar-refractivity contribution in [2.45, 2.75) is 13.0 Å². The Balaban J connectivity index is 2.47. The van der Waals surface area contributed by atoms with Crippen LogP contribution < -0.4 is 11.3 Å². The second kappa shape index (κ2) is 5.92. The summed E-state index contributed by atoms with van der Waals surface area (Å²) in [4.78, 5) is 17.2. The fourth-order valence-corrected chi connectivity index (χ4v) is 2.94. The molecule has 4 nitrogen and oxygen atoms in total. The molecule has 0 spiro atoms. The molecule has 23 heavy (non-hydrogen) atoms. The van der Waals surface area contributed by atoms with Crippen LogP contribution in [0.4, 0.5) is 4.39 Å². The molecular formula is C16H12Cl2FN3O. The maximum atomic E-state index is 14.1. The Morgan fingerprint density at radius 3 is 2.48 bits per heavy atom. The van der Waals surface area contributed by atoms with Crippen molar-refractivity contribution in [2.24, 2.45) is 5.73 Å². The van der Waals surface area contributed by atoms with Gasteiger partial charge in [0.05, 0.1) is 17.2 Å². The van der Waals surface area contributed by atoms with Gasteiger partial charge >= 0.3 is 0 Å². The summed E-state index contributed by atoms with van der Waals surface area (Å²) in [6.45, 7) is 1.69. The van der Waals surface area contributed by atoms with E-state index in [4.69, 9.17) is 28.9 Å². The van der Waals surface area contributed by atoms with E-state index in [9.17, 15) is 9.18 Å². The molecule has 3 aromatic rings. The van der Waals surface area contributed by atoms with E-state index in [1.807, 2.05) is 0 Å². The molecule has 0 aliphatic carbocycles. The van der Waals surface area contributed by atoms with E-state index in [1.165, 1.54) is 22.8 Å². The van der Waals surface area contributed by atoms with Crippen molar-refractivity contribution >= 4 is 34.1 Å². The largest absolute Gasteiger partial charge is 0.322 e. The summed E-state index contributed by atoms with van der Waals surface area (Å²) >= 11 is 12.0. The number of nitrogens with two attached hydrogens (primary N) is 1. The Morgan fingerprint density at radius 1 is 1.22 bits per heavy atom. The first kappa shape index (κ1) is 15.9. The van der Waals surface area contributed by atoms with E-state index in [2.05, 4.69) is 4.98 Å². The number of hydrogen-bond donors (Lipinski definition) is 1. The number of fused-ring (bicyclic) bond motifs is 1. The zero-order chi connectivity index (χ0) is 16.7. The third kappa shape index (κ3) is 2.83. The molecule has 1 aromatic heterocycles. The van der Waals surface area contributed by atoms with Crippen molar-refractivity contribution in [1.82, 2.24) is 9.55 Å². The first-order valence-corrected chi connectivity index (χ1v) is 7.57. The van der Waals surface area contributed by atoms with E-state index in [0.717, 1.165) is 0 Å². The summed E-state index contributed by atoms with van der Waals surface area (Å²) in [6, 6.07) is 8.37. The number of benzene rings is 2. The molecule has 0 aliphatic rings. The molecule has 2 aromatic carbocycles. The van der Waals surface area contributed by atoms with Crippen molar-refractivity contribution in [3.05, 3.63) is 68.4 Å². The molecule has 3 rings (SSSR count). The first-order valence-electron chi connectivity index (χ1n) is 6.81. The summed E-state index contributed by atoms with van der Waals surface area (Å²) < 4.78 is 15.3. The standard InChI is InChI=1S/C16H12Cl2FN3O/c1-8(20)15-21-13-4-2-3-12(19)14(13)16(23)22(15)11-6-9(17)5-10(18)7-11/h2-8H,20H2,1H3. The summed E-state index contributed by atoms with van der Waals surface area (Å²) in [5.41, 5.74) is 6.03. The lowest BCUT2D eigenvalue weighted by Crippen LogP contribution is -2.28. The SMILES string of the molecule is CC(N)c1nc2cccc(F)c2c(=O)n1-c1cc(Cl)cc(Cl)c1. The van der Waals surface area contributed by atoms with Crippen LogP contribution in [0.3, 0.4) is 0 Å². The van der Waals surface area contributed by atoms with Gasteiger partial charge < -0.3 is 5.73 Å². The molecule has 7 heteroatoms. The lowest BCUT2D eigenvalue weighted by atomic mass is 10.2. The van der Waals surface area contributed by atoms with Gasteiger partial charge in [-0.25, -0.2) is 9.37 Å². The van der Waals surface area contributed by atoms with Gasteiger partial charge in [-0.2, -0.15) is 0 Å². The lowest BCUT2D eigenvalue weighted by molar-refractivity contribution is 0.633. The van der Waals surface area contributed by atoms with Crippen molar-refractivity contribution in [3.63, 3.8) is 0 Å². The number of aromatic nitrogens is 2. The van der Waals surface area contributed by atoms with Crippen LogP contribution in [0, 0.1) is 5.82 Å². The number of halogens is 3. The van der Waals surface area contributed by atoms with Crippen molar-refractivity contribution in [2.75, 3.05) is 0 Å². The molecule has 1 atom stereocenters. The highest BCUT2D eigenvalue weighted by atomic mass is 35.5. The van der Waals surface area contributed by atoms with E-state index in [0.29, 0.717) is 21.6 Å². The topological polar surface area (TPSA) is 60.9 Å². The maximum absolute atomic E-state index is 14.1. The number of rotatable bonds is 2. The fraction of sp³-hybridized carbons (Fsp3) is 0.125. The number of nitrogens with zero attached hydrogens (tertiary/aromatic N) is 2. The summed E-state index contributed by atoms with van der Waals surface area (Å²) in [5.74, 6) is -0.343. The Morgan fingerprint density at radius 2 is 1.87 bits per heavy atom. The van der Waals surface area contributed by atoms with Crippen molar-refractivity contribution in [1.29, 1.82) is 0 Å². The fourth-order valence-electron chi connectivity index (χ4n) is 2.43. The van der Waals surface area contributed by atoms with Gasteiger partial charge in [0.25, 0.3) is 5.56 Å². The smallest absolute Gasteiger partial charge is 0.269 e. The monoisotopic (exact) mass is 351 g/mol. The molecule has 0 amide bonds. The second-order valence-electron chi connectivity index (χ2n) is 5.16. The number of hydrogen-bond acceptors (Lipinski definition) is 3. The van der Waals surface area contributed by atoms with Crippen LogP contribution in [0.2, 0.25) is 10.0 Å². The Labute approximate surface area is 141 Å². The van der Waals surface area contributed by atoms with Gasteiger partial charge in [0.15, 0.2) is 0 Å². The molecule has 2 N–H and O–H groups in total. The zero-order valence-corrected chi connectivity index (χ0v) is 13.6. The van der Waals surface area contributed by atoms with Gasteiger partial charge in [-0.1, -0.05) is 29.3 Å². The average Bonchev–Trinajstić information content (AvgIpc) is 2.45. The van der Waals surface area contributed by atoms with E-state index in [-0.39, 0.29) is 10.9 Å². The lowest BCUT2D eigenvalue weighted by Gasteiger charge is -2.16. The van der Waals surface area contributed by atoms with E-state index in [1.54, 1.807) is 25.1 Å². The minimum Gasteiger partial charge on any atom is -0.322 e. The van der Waals surface area contributed by atoms with Gasteiger partial charge in [-0.3, -0.25) is 9.36 Å². The van der Waals surface area contributed by atoms with Crippen LogP contribution in [-0.2, 0) is 0 Å². The van der Waals surface area contributed by atoms with E-state index >= 15 is 0 Å². The molecule has 1 unspecified atom stereocenters. The minimum absolute atomic E-state index is 0.104. The van der Waals surface area contributed by atoms with Gasteiger partial charge in [-0.15, -0.1) is 0 Å². The first-order chi connectivity index (χ1) is 10.9. The highest BCUT2D eigenvalue weighted by Gasteiger charge is 2.18. The minimum atomic E-state index is -0.641.